The minimum atomic E-state index is -0.465. The standard InChI is InChI=1S/C21H21N5O3S2/c1-10-6-14-7-12(3)18-24-25-21(26(18)15(14)8-11(10)2)30-9-16(27)23-20-22-13(4)17(31-20)19(28)29-5/h6-8H,9H2,1-5H3,(H,22,23,27). The van der Waals surface area contributed by atoms with Crippen LogP contribution in [0.2, 0.25) is 0 Å². The first-order valence-electron chi connectivity index (χ1n) is 9.52. The number of thiazole rings is 1. The Morgan fingerprint density at radius 1 is 1.10 bits per heavy atom. The number of ether oxygens (including phenoxy) is 1. The third-order valence-electron chi connectivity index (χ3n) is 4.99. The first-order chi connectivity index (χ1) is 14.8. The van der Waals surface area contributed by atoms with Gasteiger partial charge in [0.25, 0.3) is 0 Å². The fourth-order valence-electron chi connectivity index (χ4n) is 3.28. The highest BCUT2D eigenvalue weighted by molar-refractivity contribution is 7.99. The van der Waals surface area contributed by atoms with Gasteiger partial charge in [0.2, 0.25) is 5.91 Å². The van der Waals surface area contributed by atoms with Gasteiger partial charge in [0, 0.05) is 0 Å². The molecule has 0 radical (unpaired) electrons. The van der Waals surface area contributed by atoms with E-state index in [0.717, 1.165) is 33.5 Å². The van der Waals surface area contributed by atoms with Gasteiger partial charge >= 0.3 is 5.97 Å². The minimum Gasteiger partial charge on any atom is -0.465 e. The molecule has 0 bridgehead atoms. The fourth-order valence-corrected chi connectivity index (χ4v) is 4.93. The molecule has 4 rings (SSSR count). The molecule has 1 N–H and O–H groups in total. The second-order valence-electron chi connectivity index (χ2n) is 7.23. The first kappa shape index (κ1) is 21.3. The van der Waals surface area contributed by atoms with Crippen molar-refractivity contribution >= 4 is 56.7 Å². The molecule has 0 aliphatic heterocycles. The van der Waals surface area contributed by atoms with Gasteiger partial charge in [-0.1, -0.05) is 23.1 Å². The van der Waals surface area contributed by atoms with Crippen molar-refractivity contribution in [3.63, 3.8) is 0 Å². The molecular formula is C21H21N5O3S2. The van der Waals surface area contributed by atoms with E-state index in [1.165, 1.54) is 30.0 Å². The number of nitrogens with zero attached hydrogens (tertiary/aromatic N) is 4. The van der Waals surface area contributed by atoms with Crippen molar-refractivity contribution in [1.29, 1.82) is 0 Å². The molecule has 4 aromatic rings. The number of aryl methyl sites for hydroxylation is 4. The van der Waals surface area contributed by atoms with Crippen LogP contribution in [0.4, 0.5) is 5.13 Å². The number of benzene rings is 1. The van der Waals surface area contributed by atoms with Gasteiger partial charge in [-0.15, -0.1) is 10.2 Å². The number of hydrogen-bond acceptors (Lipinski definition) is 8. The van der Waals surface area contributed by atoms with Crippen LogP contribution in [0.5, 0.6) is 0 Å². The zero-order valence-corrected chi connectivity index (χ0v) is 19.4. The summed E-state index contributed by atoms with van der Waals surface area (Å²) >= 11 is 2.39. The molecule has 3 heterocycles. The van der Waals surface area contributed by atoms with Gasteiger partial charge in [-0.3, -0.25) is 9.20 Å². The minimum absolute atomic E-state index is 0.132. The normalized spacial score (nSPS) is 11.3. The summed E-state index contributed by atoms with van der Waals surface area (Å²) in [6, 6.07) is 6.38. The molecule has 10 heteroatoms. The maximum Gasteiger partial charge on any atom is 0.350 e. The number of carbonyl (C=O) groups excluding carboxylic acids is 2. The number of anilines is 1. The fraction of sp³-hybridized carbons (Fsp3) is 0.286. The van der Waals surface area contributed by atoms with Gasteiger partial charge in [0.15, 0.2) is 15.9 Å². The zero-order valence-electron chi connectivity index (χ0n) is 17.8. The Kier molecular flexibility index (Phi) is 5.67. The van der Waals surface area contributed by atoms with Gasteiger partial charge < -0.3 is 10.1 Å². The van der Waals surface area contributed by atoms with Crippen LogP contribution in [-0.4, -0.2) is 44.3 Å². The van der Waals surface area contributed by atoms with Crippen LogP contribution in [-0.2, 0) is 9.53 Å². The van der Waals surface area contributed by atoms with Crippen LogP contribution in [0.1, 0.15) is 32.1 Å². The quantitative estimate of drug-likeness (QED) is 0.357. The number of hydrogen-bond donors (Lipinski definition) is 1. The monoisotopic (exact) mass is 455 g/mol. The van der Waals surface area contributed by atoms with Gasteiger partial charge in [-0.05, 0) is 68.0 Å². The molecule has 0 spiro atoms. The molecule has 0 fully saturated rings. The van der Waals surface area contributed by atoms with Crippen LogP contribution in [0.15, 0.2) is 23.4 Å². The van der Waals surface area contributed by atoms with Gasteiger partial charge in [-0.25, -0.2) is 9.78 Å². The molecule has 1 aromatic carbocycles. The summed E-state index contributed by atoms with van der Waals surface area (Å²) < 4.78 is 6.73. The number of carbonyl (C=O) groups is 2. The van der Waals surface area contributed by atoms with E-state index in [0.29, 0.717) is 20.9 Å². The van der Waals surface area contributed by atoms with Gasteiger partial charge in [0.1, 0.15) is 4.88 Å². The molecule has 1 amide bonds. The first-order valence-corrected chi connectivity index (χ1v) is 11.3. The smallest absolute Gasteiger partial charge is 0.350 e. The molecule has 160 valence electrons. The number of amides is 1. The van der Waals surface area contributed by atoms with E-state index in [1.54, 1.807) is 6.92 Å². The number of rotatable bonds is 5. The lowest BCUT2D eigenvalue weighted by atomic mass is 10.0. The Bertz CT molecular complexity index is 1340. The van der Waals surface area contributed by atoms with Crippen LogP contribution in [0, 0.1) is 27.7 Å². The predicted molar refractivity (Wildman–Crippen MR) is 122 cm³/mol. The Morgan fingerprint density at radius 3 is 2.55 bits per heavy atom. The molecule has 0 aliphatic carbocycles. The summed E-state index contributed by atoms with van der Waals surface area (Å²) in [5, 5.41) is 13.5. The highest BCUT2D eigenvalue weighted by Crippen LogP contribution is 2.28. The largest absolute Gasteiger partial charge is 0.465 e. The number of esters is 1. The average Bonchev–Trinajstić information content (AvgIpc) is 3.31. The molecule has 0 aliphatic rings. The van der Waals surface area contributed by atoms with Crippen molar-refractivity contribution in [3.05, 3.63) is 45.5 Å². The summed E-state index contributed by atoms with van der Waals surface area (Å²) in [6.07, 6.45) is 0. The lowest BCUT2D eigenvalue weighted by Gasteiger charge is -2.09. The summed E-state index contributed by atoms with van der Waals surface area (Å²) in [5.41, 5.74) is 5.73. The van der Waals surface area contributed by atoms with E-state index < -0.39 is 5.97 Å². The Morgan fingerprint density at radius 2 is 1.81 bits per heavy atom. The number of methoxy groups -OCH3 is 1. The Labute approximate surface area is 187 Å². The highest BCUT2D eigenvalue weighted by atomic mass is 32.2. The van der Waals surface area contributed by atoms with Crippen LogP contribution in [0.3, 0.4) is 0 Å². The number of pyridine rings is 1. The third kappa shape index (κ3) is 4.00. The zero-order chi connectivity index (χ0) is 22.3. The summed E-state index contributed by atoms with van der Waals surface area (Å²) in [7, 11) is 1.31. The van der Waals surface area contributed by atoms with Crippen LogP contribution in [0.25, 0.3) is 16.6 Å². The summed E-state index contributed by atoms with van der Waals surface area (Å²) in [6.45, 7) is 7.87. The molecule has 0 saturated carbocycles. The second kappa shape index (κ2) is 8.27. The SMILES string of the molecule is COC(=O)c1sc(NC(=O)CSc2nnc3c(C)cc4cc(C)c(C)cc4n23)nc1C. The van der Waals surface area contributed by atoms with Crippen molar-refractivity contribution < 1.29 is 14.3 Å². The molecule has 0 atom stereocenters. The third-order valence-corrected chi connectivity index (χ3v) is 6.97. The number of aromatic nitrogens is 4. The summed E-state index contributed by atoms with van der Waals surface area (Å²) in [4.78, 5) is 28.8. The molecule has 8 nitrogen and oxygen atoms in total. The maximum absolute atomic E-state index is 12.5. The predicted octanol–water partition coefficient (Wildman–Crippen LogP) is 4.09. The molecule has 0 saturated heterocycles. The van der Waals surface area contributed by atoms with Crippen molar-refractivity contribution in [2.75, 3.05) is 18.2 Å². The van der Waals surface area contributed by atoms with E-state index in [9.17, 15) is 9.59 Å². The van der Waals surface area contributed by atoms with Crippen molar-refractivity contribution in [3.8, 4) is 0 Å². The topological polar surface area (TPSA) is 98.5 Å². The summed E-state index contributed by atoms with van der Waals surface area (Å²) in [5.74, 6) is -0.573. The van der Waals surface area contributed by atoms with Crippen molar-refractivity contribution in [2.24, 2.45) is 0 Å². The number of thioether (sulfide) groups is 1. The lowest BCUT2D eigenvalue weighted by Crippen LogP contribution is -2.14. The molecule has 31 heavy (non-hydrogen) atoms. The van der Waals surface area contributed by atoms with Crippen LogP contribution < -0.4 is 5.32 Å². The van der Waals surface area contributed by atoms with E-state index in [4.69, 9.17) is 4.74 Å². The highest BCUT2D eigenvalue weighted by Gasteiger charge is 2.18. The second-order valence-corrected chi connectivity index (χ2v) is 9.17. The Balaban J connectivity index is 1.57. The van der Waals surface area contributed by atoms with Crippen LogP contribution >= 0.6 is 23.1 Å². The van der Waals surface area contributed by atoms with E-state index >= 15 is 0 Å². The lowest BCUT2D eigenvalue weighted by molar-refractivity contribution is -0.113. The number of fused-ring (bicyclic) bond motifs is 3. The van der Waals surface area contributed by atoms with Crippen molar-refractivity contribution in [2.45, 2.75) is 32.9 Å². The molecule has 0 unspecified atom stereocenters. The van der Waals surface area contributed by atoms with Crippen molar-refractivity contribution in [1.82, 2.24) is 19.6 Å². The van der Waals surface area contributed by atoms with E-state index in [2.05, 4.69) is 52.5 Å². The van der Waals surface area contributed by atoms with E-state index in [1.807, 2.05) is 11.3 Å². The van der Waals surface area contributed by atoms with Gasteiger partial charge in [-0.2, -0.15) is 0 Å². The molecular weight excluding hydrogens is 434 g/mol. The Hall–Kier alpha value is -2.98. The average molecular weight is 456 g/mol. The number of nitrogens with one attached hydrogen (secondary N) is 1. The maximum atomic E-state index is 12.5. The van der Waals surface area contributed by atoms with E-state index in [-0.39, 0.29) is 11.7 Å². The van der Waals surface area contributed by atoms with Gasteiger partial charge in [0.05, 0.1) is 24.1 Å². The molecule has 3 aromatic heterocycles.